The smallest absolute Gasteiger partial charge is 0.230 e. The van der Waals surface area contributed by atoms with Crippen molar-refractivity contribution in [3.63, 3.8) is 0 Å². The van der Waals surface area contributed by atoms with Crippen molar-refractivity contribution in [1.82, 2.24) is 10.3 Å². The van der Waals surface area contributed by atoms with Crippen LogP contribution in [0.3, 0.4) is 0 Å². The number of carbonyl (C=O) groups excluding carboxylic acids is 1. The second-order valence-corrected chi connectivity index (χ2v) is 7.46. The van der Waals surface area contributed by atoms with Gasteiger partial charge in [-0.05, 0) is 44.5 Å². The van der Waals surface area contributed by atoms with E-state index < -0.39 is 9.84 Å². The maximum atomic E-state index is 12.5. The number of anilines is 1. The first-order valence-electron chi connectivity index (χ1n) is 7.06. The van der Waals surface area contributed by atoms with Crippen LogP contribution in [0.25, 0.3) is 0 Å². The van der Waals surface area contributed by atoms with Gasteiger partial charge in [-0.1, -0.05) is 6.92 Å². The number of rotatable bonds is 4. The van der Waals surface area contributed by atoms with E-state index in [0.717, 1.165) is 38.6 Å². The first kappa shape index (κ1) is 15.9. The molecule has 1 saturated heterocycles. The third kappa shape index (κ3) is 3.59. The highest BCUT2D eigenvalue weighted by Gasteiger charge is 2.37. The Labute approximate surface area is 125 Å². The van der Waals surface area contributed by atoms with Crippen LogP contribution in [0.15, 0.2) is 23.4 Å². The Hall–Kier alpha value is -1.47. The molecular formula is C14H21N3O3S. The number of hydrogen-bond donors (Lipinski definition) is 2. The molecule has 0 radical (unpaired) electrons. The van der Waals surface area contributed by atoms with Gasteiger partial charge in [0.05, 0.1) is 17.3 Å². The lowest BCUT2D eigenvalue weighted by Crippen LogP contribution is -2.44. The monoisotopic (exact) mass is 311 g/mol. The van der Waals surface area contributed by atoms with Crippen LogP contribution < -0.4 is 10.6 Å². The number of nitrogens with zero attached hydrogens (tertiary/aromatic N) is 1. The van der Waals surface area contributed by atoms with Crippen molar-refractivity contribution in [3.8, 4) is 0 Å². The van der Waals surface area contributed by atoms with Gasteiger partial charge in [0, 0.05) is 6.26 Å². The standard InChI is InChI=1S/C14H21N3O3S/c1-3-14(6-8-15-9-7-14)13(18)17-11-4-5-12(16-10-11)21(2,19)20/h4-5,10,15H,3,6-9H2,1-2H3,(H,17,18). The summed E-state index contributed by atoms with van der Waals surface area (Å²) in [7, 11) is -3.32. The van der Waals surface area contributed by atoms with E-state index in [2.05, 4.69) is 15.6 Å². The summed E-state index contributed by atoms with van der Waals surface area (Å²) >= 11 is 0. The van der Waals surface area contributed by atoms with E-state index in [1.165, 1.54) is 12.3 Å². The molecule has 0 unspecified atom stereocenters. The summed E-state index contributed by atoms with van der Waals surface area (Å²) in [5, 5.41) is 6.12. The SMILES string of the molecule is CCC1(C(=O)Nc2ccc(S(C)(=O)=O)nc2)CCNCC1. The molecule has 116 valence electrons. The van der Waals surface area contributed by atoms with E-state index in [4.69, 9.17) is 0 Å². The van der Waals surface area contributed by atoms with Crippen LogP contribution >= 0.6 is 0 Å². The average Bonchev–Trinajstić information content (AvgIpc) is 2.47. The quantitative estimate of drug-likeness (QED) is 0.872. The largest absolute Gasteiger partial charge is 0.324 e. The van der Waals surface area contributed by atoms with Gasteiger partial charge in [-0.2, -0.15) is 0 Å². The molecule has 1 amide bonds. The lowest BCUT2D eigenvalue weighted by Gasteiger charge is -2.35. The fraction of sp³-hybridized carbons (Fsp3) is 0.571. The van der Waals surface area contributed by atoms with Crippen molar-refractivity contribution in [2.24, 2.45) is 5.41 Å². The van der Waals surface area contributed by atoms with Crippen molar-refractivity contribution in [2.45, 2.75) is 31.2 Å². The van der Waals surface area contributed by atoms with Gasteiger partial charge in [-0.3, -0.25) is 4.79 Å². The Balaban J connectivity index is 2.12. The summed E-state index contributed by atoms with van der Waals surface area (Å²) < 4.78 is 22.7. The molecule has 1 fully saturated rings. The Morgan fingerprint density at radius 2 is 2.05 bits per heavy atom. The lowest BCUT2D eigenvalue weighted by atomic mass is 9.76. The van der Waals surface area contributed by atoms with Crippen molar-refractivity contribution in [1.29, 1.82) is 0 Å². The molecule has 2 heterocycles. The molecule has 0 aromatic carbocycles. The molecule has 1 aromatic rings. The van der Waals surface area contributed by atoms with Gasteiger partial charge in [0.25, 0.3) is 0 Å². The first-order chi connectivity index (χ1) is 9.87. The Morgan fingerprint density at radius 3 is 2.52 bits per heavy atom. The Kier molecular flexibility index (Phi) is 4.63. The second-order valence-electron chi connectivity index (χ2n) is 5.50. The highest BCUT2D eigenvalue weighted by molar-refractivity contribution is 7.90. The summed E-state index contributed by atoms with van der Waals surface area (Å²) in [6.07, 6.45) is 4.90. The van der Waals surface area contributed by atoms with Crippen LogP contribution in [0.4, 0.5) is 5.69 Å². The molecule has 2 rings (SSSR count). The molecule has 2 N–H and O–H groups in total. The van der Waals surface area contributed by atoms with Crippen LogP contribution in [-0.2, 0) is 14.6 Å². The maximum Gasteiger partial charge on any atom is 0.230 e. The van der Waals surface area contributed by atoms with Gasteiger partial charge in [0.15, 0.2) is 14.9 Å². The lowest BCUT2D eigenvalue weighted by molar-refractivity contribution is -0.127. The molecule has 7 heteroatoms. The minimum Gasteiger partial charge on any atom is -0.324 e. The molecule has 0 spiro atoms. The predicted molar refractivity (Wildman–Crippen MR) is 80.8 cm³/mol. The Bertz CT molecular complexity index is 605. The molecule has 1 aliphatic rings. The minimum atomic E-state index is -3.32. The van der Waals surface area contributed by atoms with Crippen molar-refractivity contribution in [2.75, 3.05) is 24.7 Å². The average molecular weight is 311 g/mol. The topological polar surface area (TPSA) is 88.2 Å². The molecule has 0 aliphatic carbocycles. The number of amides is 1. The normalized spacial score (nSPS) is 18.2. The highest BCUT2D eigenvalue weighted by Crippen LogP contribution is 2.33. The van der Waals surface area contributed by atoms with Gasteiger partial charge in [-0.15, -0.1) is 0 Å². The van der Waals surface area contributed by atoms with Gasteiger partial charge in [0.2, 0.25) is 5.91 Å². The third-order valence-corrected chi connectivity index (χ3v) is 5.09. The molecule has 0 bridgehead atoms. The summed E-state index contributed by atoms with van der Waals surface area (Å²) in [6, 6.07) is 2.98. The van der Waals surface area contributed by atoms with Crippen molar-refractivity contribution in [3.05, 3.63) is 18.3 Å². The zero-order chi connectivity index (χ0) is 15.5. The molecule has 6 nitrogen and oxygen atoms in total. The van der Waals surface area contributed by atoms with E-state index in [0.29, 0.717) is 5.69 Å². The molecule has 0 saturated carbocycles. The highest BCUT2D eigenvalue weighted by atomic mass is 32.2. The van der Waals surface area contributed by atoms with E-state index >= 15 is 0 Å². The van der Waals surface area contributed by atoms with Gasteiger partial charge in [0.1, 0.15) is 0 Å². The fourth-order valence-corrected chi connectivity index (χ4v) is 3.14. The number of pyridine rings is 1. The summed E-state index contributed by atoms with van der Waals surface area (Å²) in [4.78, 5) is 16.4. The Morgan fingerprint density at radius 1 is 1.38 bits per heavy atom. The number of nitrogens with one attached hydrogen (secondary N) is 2. The van der Waals surface area contributed by atoms with Gasteiger partial charge < -0.3 is 10.6 Å². The van der Waals surface area contributed by atoms with Crippen LogP contribution in [0.5, 0.6) is 0 Å². The van der Waals surface area contributed by atoms with Gasteiger partial charge >= 0.3 is 0 Å². The molecule has 0 atom stereocenters. The first-order valence-corrected chi connectivity index (χ1v) is 8.95. The molecule has 21 heavy (non-hydrogen) atoms. The van der Waals surface area contributed by atoms with Crippen LogP contribution in [-0.4, -0.2) is 38.7 Å². The van der Waals surface area contributed by atoms with E-state index in [-0.39, 0.29) is 16.3 Å². The number of aromatic nitrogens is 1. The van der Waals surface area contributed by atoms with Crippen LogP contribution in [0.2, 0.25) is 0 Å². The zero-order valence-electron chi connectivity index (χ0n) is 12.3. The van der Waals surface area contributed by atoms with E-state index in [9.17, 15) is 13.2 Å². The molecule has 1 aromatic heterocycles. The number of piperidine rings is 1. The summed E-state index contributed by atoms with van der Waals surface area (Å²) in [5.41, 5.74) is 0.180. The van der Waals surface area contributed by atoms with E-state index in [1.54, 1.807) is 6.07 Å². The molecule has 1 aliphatic heterocycles. The number of hydrogen-bond acceptors (Lipinski definition) is 5. The van der Waals surface area contributed by atoms with Gasteiger partial charge in [-0.25, -0.2) is 13.4 Å². The maximum absolute atomic E-state index is 12.5. The van der Waals surface area contributed by atoms with Crippen molar-refractivity contribution < 1.29 is 13.2 Å². The minimum absolute atomic E-state index is 0.00701. The third-order valence-electron chi connectivity index (χ3n) is 4.09. The fourth-order valence-electron chi connectivity index (χ4n) is 2.58. The summed E-state index contributed by atoms with van der Waals surface area (Å²) in [5.74, 6) is -0.0135. The zero-order valence-corrected chi connectivity index (χ0v) is 13.2. The number of sulfone groups is 1. The summed E-state index contributed by atoms with van der Waals surface area (Å²) in [6.45, 7) is 3.70. The van der Waals surface area contributed by atoms with Crippen LogP contribution in [0.1, 0.15) is 26.2 Å². The number of carbonyl (C=O) groups is 1. The van der Waals surface area contributed by atoms with Crippen LogP contribution in [0, 0.1) is 5.41 Å². The predicted octanol–water partition coefficient (Wildman–Crippen LogP) is 1.20. The van der Waals surface area contributed by atoms with E-state index in [1.807, 2.05) is 6.92 Å². The molecular weight excluding hydrogens is 290 g/mol. The second kappa shape index (κ2) is 6.11. The van der Waals surface area contributed by atoms with Crippen molar-refractivity contribution >= 4 is 21.4 Å².